The highest BCUT2D eigenvalue weighted by atomic mass is 32.1. The molecule has 27 heavy (non-hydrogen) atoms. The van der Waals surface area contributed by atoms with E-state index in [1.165, 1.54) is 11.3 Å². The fourth-order valence-corrected chi connectivity index (χ4v) is 3.99. The lowest BCUT2D eigenvalue weighted by Crippen LogP contribution is -2.18. The van der Waals surface area contributed by atoms with Crippen LogP contribution in [0.3, 0.4) is 0 Å². The molecular weight excluding hydrogens is 364 g/mol. The zero-order chi connectivity index (χ0) is 19.9. The third kappa shape index (κ3) is 3.83. The van der Waals surface area contributed by atoms with Gasteiger partial charge in [-0.3, -0.25) is 9.59 Å². The summed E-state index contributed by atoms with van der Waals surface area (Å²) in [7, 11) is 1.89. The van der Waals surface area contributed by atoms with Gasteiger partial charge in [-0.1, -0.05) is 0 Å². The molecule has 0 spiro atoms. The molecule has 6 nitrogen and oxygen atoms in total. The first-order chi connectivity index (χ1) is 12.7. The Hall–Kier alpha value is -2.41. The van der Waals surface area contributed by atoms with Crippen LogP contribution in [0.5, 0.6) is 0 Å². The van der Waals surface area contributed by atoms with E-state index >= 15 is 0 Å². The van der Waals surface area contributed by atoms with E-state index in [1.807, 2.05) is 39.3 Å². The SMILES string of the molecule is Cc1sc(NC(=O)C2CC2)c(C(=O)OCC(=O)c2cc(C)n(C)c2C)c1C. The van der Waals surface area contributed by atoms with E-state index in [0.717, 1.165) is 34.7 Å². The van der Waals surface area contributed by atoms with Crippen LogP contribution in [0.15, 0.2) is 6.07 Å². The zero-order valence-electron chi connectivity index (χ0n) is 16.3. The molecule has 1 saturated carbocycles. The van der Waals surface area contributed by atoms with Crippen LogP contribution < -0.4 is 5.32 Å². The molecule has 2 aromatic rings. The predicted molar refractivity (Wildman–Crippen MR) is 105 cm³/mol. The van der Waals surface area contributed by atoms with Crippen molar-refractivity contribution in [1.29, 1.82) is 0 Å². The highest BCUT2D eigenvalue weighted by Crippen LogP contribution is 2.36. The summed E-state index contributed by atoms with van der Waals surface area (Å²) in [4.78, 5) is 38.1. The number of hydrogen-bond donors (Lipinski definition) is 1. The Balaban J connectivity index is 1.73. The van der Waals surface area contributed by atoms with E-state index in [-0.39, 0.29) is 24.2 Å². The van der Waals surface area contributed by atoms with Crippen LogP contribution in [-0.2, 0) is 16.6 Å². The Labute approximate surface area is 162 Å². The van der Waals surface area contributed by atoms with Crippen LogP contribution in [0.2, 0.25) is 0 Å². The summed E-state index contributed by atoms with van der Waals surface area (Å²) in [6.45, 7) is 7.17. The number of carbonyl (C=O) groups excluding carboxylic acids is 3. The number of hydrogen-bond acceptors (Lipinski definition) is 5. The first kappa shape index (κ1) is 19.4. The topological polar surface area (TPSA) is 77.4 Å². The smallest absolute Gasteiger partial charge is 0.341 e. The number of ether oxygens (including phenoxy) is 1. The number of thiophene rings is 1. The largest absolute Gasteiger partial charge is 0.454 e. The molecule has 144 valence electrons. The summed E-state index contributed by atoms with van der Waals surface area (Å²) in [5.41, 5.74) is 3.49. The third-order valence-corrected chi connectivity index (χ3v) is 6.31. The molecule has 3 rings (SSSR count). The summed E-state index contributed by atoms with van der Waals surface area (Å²) in [5, 5.41) is 3.35. The maximum atomic E-state index is 12.6. The van der Waals surface area contributed by atoms with Gasteiger partial charge in [0, 0.05) is 34.8 Å². The lowest BCUT2D eigenvalue weighted by atomic mass is 10.1. The number of carbonyl (C=O) groups is 3. The molecule has 0 bridgehead atoms. The molecule has 2 aromatic heterocycles. The maximum Gasteiger partial charge on any atom is 0.341 e. The quantitative estimate of drug-likeness (QED) is 0.604. The molecule has 0 unspecified atom stereocenters. The molecule has 2 heterocycles. The molecular formula is C20H24N2O4S. The van der Waals surface area contributed by atoms with Crippen molar-refractivity contribution in [1.82, 2.24) is 4.57 Å². The Kier molecular flexibility index (Phi) is 5.24. The molecule has 1 N–H and O–H groups in total. The second kappa shape index (κ2) is 7.31. The van der Waals surface area contributed by atoms with Crippen molar-refractivity contribution in [2.75, 3.05) is 11.9 Å². The van der Waals surface area contributed by atoms with Crippen LogP contribution in [0.1, 0.15) is 55.4 Å². The average Bonchev–Trinajstić information content (AvgIpc) is 3.39. The fourth-order valence-electron chi connectivity index (χ4n) is 2.94. The van der Waals surface area contributed by atoms with Gasteiger partial charge < -0.3 is 14.6 Å². The second-order valence-corrected chi connectivity index (χ2v) is 8.32. The summed E-state index contributed by atoms with van der Waals surface area (Å²) < 4.78 is 7.22. The van der Waals surface area contributed by atoms with Crippen molar-refractivity contribution in [3.05, 3.63) is 39.0 Å². The first-order valence-electron chi connectivity index (χ1n) is 8.94. The van der Waals surface area contributed by atoms with Gasteiger partial charge in [-0.05, 0) is 52.2 Å². The van der Waals surface area contributed by atoms with Gasteiger partial charge in [0.2, 0.25) is 11.7 Å². The van der Waals surface area contributed by atoms with Crippen molar-refractivity contribution in [2.45, 2.75) is 40.5 Å². The van der Waals surface area contributed by atoms with E-state index in [2.05, 4.69) is 5.32 Å². The van der Waals surface area contributed by atoms with Crippen LogP contribution in [-0.4, -0.2) is 28.8 Å². The normalized spacial score (nSPS) is 13.5. The van der Waals surface area contributed by atoms with Crippen LogP contribution in [0.4, 0.5) is 5.00 Å². The van der Waals surface area contributed by atoms with Crippen LogP contribution in [0, 0.1) is 33.6 Å². The van der Waals surface area contributed by atoms with E-state index in [4.69, 9.17) is 4.74 Å². The van der Waals surface area contributed by atoms with Gasteiger partial charge in [0.15, 0.2) is 6.61 Å². The summed E-state index contributed by atoms with van der Waals surface area (Å²) in [5.74, 6) is -0.835. The minimum absolute atomic E-state index is 0.0439. The molecule has 0 aliphatic heterocycles. The van der Waals surface area contributed by atoms with Crippen molar-refractivity contribution < 1.29 is 19.1 Å². The molecule has 0 aromatic carbocycles. The predicted octanol–water partition coefficient (Wildman–Crippen LogP) is 3.71. The van der Waals surface area contributed by atoms with Crippen molar-refractivity contribution in [3.8, 4) is 0 Å². The molecule has 0 saturated heterocycles. The van der Waals surface area contributed by atoms with Gasteiger partial charge in [-0.25, -0.2) is 4.79 Å². The Bertz CT molecular complexity index is 934. The Morgan fingerprint density at radius 1 is 1.22 bits per heavy atom. The number of ketones is 1. The summed E-state index contributed by atoms with van der Waals surface area (Å²) in [6, 6.07) is 1.80. The zero-order valence-corrected chi connectivity index (χ0v) is 17.1. The number of amides is 1. The average molecular weight is 388 g/mol. The number of esters is 1. The molecule has 0 atom stereocenters. The molecule has 1 aliphatic rings. The second-order valence-electron chi connectivity index (χ2n) is 7.09. The lowest BCUT2D eigenvalue weighted by molar-refractivity contribution is -0.117. The van der Waals surface area contributed by atoms with Gasteiger partial charge in [-0.2, -0.15) is 0 Å². The monoisotopic (exact) mass is 388 g/mol. The highest BCUT2D eigenvalue weighted by Gasteiger charge is 2.32. The number of aromatic nitrogens is 1. The van der Waals surface area contributed by atoms with Crippen molar-refractivity contribution in [2.24, 2.45) is 13.0 Å². The van der Waals surface area contributed by atoms with E-state index in [1.54, 1.807) is 6.07 Å². The number of nitrogens with zero attached hydrogens (tertiary/aromatic N) is 1. The van der Waals surface area contributed by atoms with E-state index in [9.17, 15) is 14.4 Å². The number of aryl methyl sites for hydroxylation is 2. The van der Waals surface area contributed by atoms with Gasteiger partial charge in [0.1, 0.15) is 5.00 Å². The van der Waals surface area contributed by atoms with E-state index < -0.39 is 5.97 Å². The number of nitrogens with one attached hydrogen (secondary N) is 1. The standard InChI is InChI=1S/C20H24N2O4S/c1-10-8-15(12(3)22(10)5)16(23)9-26-20(25)17-11(2)13(4)27-19(17)21-18(24)14-6-7-14/h8,14H,6-7,9H2,1-5H3,(H,21,24). The molecule has 1 aliphatic carbocycles. The number of anilines is 1. The minimum atomic E-state index is -0.582. The lowest BCUT2D eigenvalue weighted by Gasteiger charge is -2.08. The fraction of sp³-hybridized carbons (Fsp3) is 0.450. The molecule has 7 heteroatoms. The summed E-state index contributed by atoms with van der Waals surface area (Å²) >= 11 is 1.36. The first-order valence-corrected chi connectivity index (χ1v) is 9.76. The number of Topliss-reactive ketones (excluding diaryl/α,β-unsaturated/α-hetero) is 1. The van der Waals surface area contributed by atoms with Gasteiger partial charge in [-0.15, -0.1) is 11.3 Å². The van der Waals surface area contributed by atoms with Gasteiger partial charge in [0.05, 0.1) is 5.56 Å². The van der Waals surface area contributed by atoms with Gasteiger partial charge in [0.25, 0.3) is 0 Å². The molecule has 1 fully saturated rings. The highest BCUT2D eigenvalue weighted by molar-refractivity contribution is 7.16. The Morgan fingerprint density at radius 2 is 1.89 bits per heavy atom. The van der Waals surface area contributed by atoms with E-state index in [0.29, 0.717) is 16.1 Å². The molecule has 1 amide bonds. The number of rotatable bonds is 6. The minimum Gasteiger partial charge on any atom is -0.454 e. The van der Waals surface area contributed by atoms with Crippen LogP contribution >= 0.6 is 11.3 Å². The maximum absolute atomic E-state index is 12.6. The molecule has 0 radical (unpaired) electrons. The summed E-state index contributed by atoms with van der Waals surface area (Å²) in [6.07, 6.45) is 1.78. The Morgan fingerprint density at radius 3 is 2.44 bits per heavy atom. The van der Waals surface area contributed by atoms with Gasteiger partial charge >= 0.3 is 5.97 Å². The van der Waals surface area contributed by atoms with Crippen molar-refractivity contribution in [3.63, 3.8) is 0 Å². The third-order valence-electron chi connectivity index (χ3n) is 5.18. The van der Waals surface area contributed by atoms with Crippen LogP contribution in [0.25, 0.3) is 0 Å². The van der Waals surface area contributed by atoms with Crippen molar-refractivity contribution >= 4 is 34.0 Å².